The van der Waals surface area contributed by atoms with Gasteiger partial charge in [0, 0.05) is 0 Å². The summed E-state index contributed by atoms with van der Waals surface area (Å²) in [7, 11) is -1.13. The Bertz CT molecular complexity index is 147. The minimum Gasteiger partial charge on any atom is -0.323 e. The third-order valence-corrected chi connectivity index (χ3v) is 9.88. The second-order valence-corrected chi connectivity index (χ2v) is 10.0. The molecule has 0 aromatic heterocycles. The molecule has 0 radical (unpaired) electrons. The third-order valence-electron chi connectivity index (χ3n) is 3.80. The van der Waals surface area contributed by atoms with Crippen molar-refractivity contribution in [3.05, 3.63) is 0 Å². The van der Waals surface area contributed by atoms with Crippen molar-refractivity contribution in [1.29, 1.82) is 0 Å². The van der Waals surface area contributed by atoms with Crippen LogP contribution in [0, 0.1) is 0 Å². The van der Waals surface area contributed by atoms with Gasteiger partial charge < -0.3 is 4.57 Å². The molecule has 0 N–H and O–H groups in total. The van der Waals surface area contributed by atoms with Gasteiger partial charge >= 0.3 is 0 Å². The molecule has 0 bridgehead atoms. The highest BCUT2D eigenvalue weighted by atomic mass is 28.3. The Labute approximate surface area is 111 Å². The highest BCUT2D eigenvalue weighted by Gasteiger charge is 2.35. The maximum absolute atomic E-state index is 2.95. The highest BCUT2D eigenvalue weighted by Crippen LogP contribution is 2.30. The van der Waals surface area contributed by atoms with E-state index in [4.69, 9.17) is 0 Å². The molecule has 0 aliphatic carbocycles. The van der Waals surface area contributed by atoms with Crippen molar-refractivity contribution < 1.29 is 0 Å². The smallest absolute Gasteiger partial charge is 0.128 e. The SMILES string of the molecule is CCCN(CCC)[Si](CCC)(CCC)CCC. The number of hydrogen-bond acceptors (Lipinski definition) is 1. The number of hydrogen-bond donors (Lipinski definition) is 0. The molecule has 0 amide bonds. The molecule has 0 saturated carbocycles. The molecule has 0 aliphatic rings. The number of nitrogens with zero attached hydrogens (tertiary/aromatic N) is 1. The Morgan fingerprint density at radius 1 is 0.588 bits per heavy atom. The average Bonchev–Trinajstić information content (AvgIpc) is 2.29. The van der Waals surface area contributed by atoms with Gasteiger partial charge in [0.15, 0.2) is 0 Å². The zero-order chi connectivity index (χ0) is 13.1. The molecule has 0 aliphatic heterocycles. The number of rotatable bonds is 11. The average molecular weight is 258 g/mol. The first-order chi connectivity index (χ1) is 8.20. The van der Waals surface area contributed by atoms with Crippen LogP contribution in [0.5, 0.6) is 0 Å². The predicted octanol–water partition coefficient (Wildman–Crippen LogP) is 5.28. The highest BCUT2D eigenvalue weighted by molar-refractivity contribution is 6.77. The minimum atomic E-state index is -1.13. The molecule has 0 heterocycles. The Morgan fingerprint density at radius 3 is 1.18 bits per heavy atom. The van der Waals surface area contributed by atoms with Crippen molar-refractivity contribution in [3.8, 4) is 0 Å². The van der Waals surface area contributed by atoms with Gasteiger partial charge in [-0.15, -0.1) is 0 Å². The Hall–Kier alpha value is 0.177. The van der Waals surface area contributed by atoms with E-state index in [-0.39, 0.29) is 0 Å². The summed E-state index contributed by atoms with van der Waals surface area (Å²) >= 11 is 0. The maximum Gasteiger partial charge on any atom is 0.128 e. The summed E-state index contributed by atoms with van der Waals surface area (Å²) in [6.45, 7) is 14.5. The fraction of sp³-hybridized carbons (Fsp3) is 1.00. The molecular formula is C15H35NSi. The van der Waals surface area contributed by atoms with Gasteiger partial charge in [-0.3, -0.25) is 0 Å². The molecule has 0 aromatic rings. The van der Waals surface area contributed by atoms with E-state index in [1.54, 1.807) is 0 Å². The molecule has 0 fully saturated rings. The van der Waals surface area contributed by atoms with Crippen LogP contribution in [0.4, 0.5) is 0 Å². The van der Waals surface area contributed by atoms with Crippen molar-refractivity contribution in [3.63, 3.8) is 0 Å². The van der Waals surface area contributed by atoms with Crippen LogP contribution >= 0.6 is 0 Å². The molecule has 0 rings (SSSR count). The first kappa shape index (κ1) is 17.2. The second kappa shape index (κ2) is 10.1. The summed E-state index contributed by atoms with van der Waals surface area (Å²) in [5, 5.41) is 0. The Kier molecular flexibility index (Phi) is 10.2. The molecule has 104 valence electrons. The zero-order valence-corrected chi connectivity index (χ0v) is 14.0. The van der Waals surface area contributed by atoms with Gasteiger partial charge in [0.2, 0.25) is 0 Å². The molecule has 1 nitrogen and oxygen atoms in total. The van der Waals surface area contributed by atoms with E-state index < -0.39 is 8.24 Å². The molecule has 2 heteroatoms. The lowest BCUT2D eigenvalue weighted by Gasteiger charge is -2.43. The lowest BCUT2D eigenvalue weighted by atomic mass is 10.4. The van der Waals surface area contributed by atoms with E-state index in [1.807, 2.05) is 0 Å². The van der Waals surface area contributed by atoms with Crippen LogP contribution in [0.2, 0.25) is 18.1 Å². The quantitative estimate of drug-likeness (QED) is 0.455. The van der Waals surface area contributed by atoms with E-state index in [1.165, 1.54) is 63.3 Å². The van der Waals surface area contributed by atoms with Crippen LogP contribution in [-0.2, 0) is 0 Å². The summed E-state index contributed by atoms with van der Waals surface area (Å²) in [6.07, 6.45) is 6.81. The first-order valence-electron chi connectivity index (χ1n) is 7.95. The van der Waals surface area contributed by atoms with E-state index in [0.717, 1.165) is 0 Å². The second-order valence-electron chi connectivity index (χ2n) is 5.46. The van der Waals surface area contributed by atoms with E-state index >= 15 is 0 Å². The monoisotopic (exact) mass is 257 g/mol. The van der Waals surface area contributed by atoms with Crippen molar-refractivity contribution in [2.45, 2.75) is 84.9 Å². The van der Waals surface area contributed by atoms with Crippen molar-refractivity contribution in [2.75, 3.05) is 13.1 Å². The molecule has 0 aromatic carbocycles. The van der Waals surface area contributed by atoms with Gasteiger partial charge in [-0.1, -0.05) is 53.9 Å². The molecular weight excluding hydrogens is 222 g/mol. The van der Waals surface area contributed by atoms with E-state index in [2.05, 4.69) is 39.2 Å². The summed E-state index contributed by atoms with van der Waals surface area (Å²) in [4.78, 5) is 0. The molecule has 0 unspecified atom stereocenters. The summed E-state index contributed by atoms with van der Waals surface area (Å²) in [5.41, 5.74) is 0. The van der Waals surface area contributed by atoms with Gasteiger partial charge in [-0.2, -0.15) is 0 Å². The Balaban J connectivity index is 4.87. The van der Waals surface area contributed by atoms with Gasteiger partial charge in [0.1, 0.15) is 8.24 Å². The third kappa shape index (κ3) is 5.56. The topological polar surface area (TPSA) is 3.24 Å². The van der Waals surface area contributed by atoms with Crippen LogP contribution in [0.3, 0.4) is 0 Å². The van der Waals surface area contributed by atoms with Crippen LogP contribution in [0.15, 0.2) is 0 Å². The van der Waals surface area contributed by atoms with Gasteiger partial charge in [-0.25, -0.2) is 0 Å². The predicted molar refractivity (Wildman–Crippen MR) is 83.2 cm³/mol. The standard InChI is InChI=1S/C15H35NSi/c1-6-11-16(12-7-2)17(13-8-3,14-9-4)15-10-5/h6-15H2,1-5H3. The van der Waals surface area contributed by atoms with Crippen LogP contribution in [-0.4, -0.2) is 25.9 Å². The van der Waals surface area contributed by atoms with E-state index in [9.17, 15) is 0 Å². The molecule has 17 heavy (non-hydrogen) atoms. The summed E-state index contributed by atoms with van der Waals surface area (Å²) < 4.78 is 2.95. The van der Waals surface area contributed by atoms with Gasteiger partial charge in [0.05, 0.1) is 0 Å². The van der Waals surface area contributed by atoms with Gasteiger partial charge in [0.25, 0.3) is 0 Å². The molecule has 0 atom stereocenters. The van der Waals surface area contributed by atoms with E-state index in [0.29, 0.717) is 0 Å². The normalized spacial score (nSPS) is 12.4. The van der Waals surface area contributed by atoms with Crippen LogP contribution in [0.1, 0.15) is 66.7 Å². The van der Waals surface area contributed by atoms with Crippen molar-refractivity contribution in [1.82, 2.24) is 4.57 Å². The van der Waals surface area contributed by atoms with Gasteiger partial charge in [-0.05, 0) is 44.1 Å². The molecule has 0 saturated heterocycles. The van der Waals surface area contributed by atoms with Crippen molar-refractivity contribution >= 4 is 8.24 Å². The van der Waals surface area contributed by atoms with Crippen LogP contribution < -0.4 is 0 Å². The summed E-state index contributed by atoms with van der Waals surface area (Å²) in [5.74, 6) is 0. The lowest BCUT2D eigenvalue weighted by Crippen LogP contribution is -2.53. The first-order valence-corrected chi connectivity index (χ1v) is 10.5. The fourth-order valence-electron chi connectivity index (χ4n) is 3.37. The fourth-order valence-corrected chi connectivity index (χ4v) is 9.26. The van der Waals surface area contributed by atoms with Crippen molar-refractivity contribution in [2.24, 2.45) is 0 Å². The Morgan fingerprint density at radius 2 is 0.941 bits per heavy atom. The van der Waals surface area contributed by atoms with Crippen LogP contribution in [0.25, 0.3) is 0 Å². The summed E-state index contributed by atoms with van der Waals surface area (Å²) in [6, 6.07) is 4.57. The lowest BCUT2D eigenvalue weighted by molar-refractivity contribution is 0.405. The maximum atomic E-state index is 2.95. The zero-order valence-electron chi connectivity index (χ0n) is 13.0. The molecule has 0 spiro atoms. The largest absolute Gasteiger partial charge is 0.323 e. The minimum absolute atomic E-state index is 1.13.